The van der Waals surface area contributed by atoms with E-state index < -0.39 is 21.8 Å². The summed E-state index contributed by atoms with van der Waals surface area (Å²) in [4.78, 5) is 24.2. The van der Waals surface area contributed by atoms with Crippen LogP contribution in [0.25, 0.3) is 11.1 Å². The fraction of sp³-hybridized carbons (Fsp3) is 0.556. The fourth-order valence-corrected chi connectivity index (χ4v) is 5.10. The largest absolute Gasteiger partial charge is 0.419 e. The van der Waals surface area contributed by atoms with E-state index in [0.29, 0.717) is 17.7 Å². The topological polar surface area (TPSA) is 110 Å². The number of fused-ring (bicyclic) bond motifs is 1. The Bertz CT molecular complexity index is 1010. The first-order valence-corrected chi connectivity index (χ1v) is 12.1. The first kappa shape index (κ1) is 20.9. The van der Waals surface area contributed by atoms with Crippen LogP contribution in [0, 0.1) is 0 Å². The highest BCUT2D eigenvalue weighted by Crippen LogP contribution is 2.20. The summed E-state index contributed by atoms with van der Waals surface area (Å²) < 4.78 is 34.6. The van der Waals surface area contributed by atoms with E-state index in [0.717, 1.165) is 25.7 Å². The quantitative estimate of drug-likeness (QED) is 0.662. The summed E-state index contributed by atoms with van der Waals surface area (Å²) in [5.74, 6) is -0.208. The van der Waals surface area contributed by atoms with Crippen molar-refractivity contribution in [1.82, 2.24) is 14.6 Å². The van der Waals surface area contributed by atoms with Gasteiger partial charge < -0.3 is 9.73 Å². The van der Waals surface area contributed by atoms with E-state index in [-0.39, 0.29) is 22.4 Å². The number of nitrogens with zero attached hydrogens (tertiary/aromatic N) is 1. The van der Waals surface area contributed by atoms with Crippen LogP contribution in [0.3, 0.4) is 0 Å². The minimum Gasteiger partial charge on any atom is -0.408 e. The molecular weight excluding hydrogens is 402 g/mol. The van der Waals surface area contributed by atoms with Crippen LogP contribution in [0.1, 0.15) is 32.1 Å². The Morgan fingerprint density at radius 3 is 2.75 bits per heavy atom. The monoisotopic (exact) mass is 427 g/mol. The number of carbonyl (C=O) groups excluding carboxylic acids is 1. The Kier molecular flexibility index (Phi) is 6.51. The minimum atomic E-state index is -3.95. The normalized spacial score (nSPS) is 16.5. The first-order valence-electron chi connectivity index (χ1n) is 9.23. The molecule has 2 N–H and O–H groups in total. The van der Waals surface area contributed by atoms with Gasteiger partial charge in [-0.3, -0.25) is 9.36 Å². The van der Waals surface area contributed by atoms with Crippen molar-refractivity contribution in [3.63, 3.8) is 0 Å². The molecule has 0 bridgehead atoms. The standard InChI is InChI=1S/C18H25N3O5S2/c1-21-15-8-7-13(11-16(15)26-18(21)23)28(24,25)20-14(9-10-27-2)17(22)19-12-5-3-4-6-12/h7-8,11-12,14,20H,3-6,9-10H2,1-2H3,(H,19,22). The van der Waals surface area contributed by atoms with Crippen molar-refractivity contribution in [1.29, 1.82) is 0 Å². The number of carbonyl (C=O) groups is 1. The molecule has 0 aliphatic heterocycles. The zero-order chi connectivity index (χ0) is 20.3. The molecule has 1 aliphatic rings. The van der Waals surface area contributed by atoms with Crippen LogP contribution in [0.5, 0.6) is 0 Å². The average Bonchev–Trinajstić information content (AvgIpc) is 3.26. The molecule has 1 aliphatic carbocycles. The summed E-state index contributed by atoms with van der Waals surface area (Å²) in [6.07, 6.45) is 6.31. The molecule has 0 spiro atoms. The Labute approximate surface area is 168 Å². The molecule has 1 heterocycles. The number of oxazole rings is 1. The van der Waals surface area contributed by atoms with E-state index in [1.807, 2.05) is 6.26 Å². The smallest absolute Gasteiger partial charge is 0.408 e. The molecule has 28 heavy (non-hydrogen) atoms. The first-order chi connectivity index (χ1) is 13.3. The second-order valence-electron chi connectivity index (χ2n) is 7.00. The van der Waals surface area contributed by atoms with Gasteiger partial charge in [-0.25, -0.2) is 13.2 Å². The molecule has 1 fully saturated rings. The number of amides is 1. The van der Waals surface area contributed by atoms with Gasteiger partial charge in [-0.1, -0.05) is 12.8 Å². The summed E-state index contributed by atoms with van der Waals surface area (Å²) >= 11 is 1.55. The zero-order valence-electron chi connectivity index (χ0n) is 15.9. The molecule has 1 saturated carbocycles. The third-order valence-electron chi connectivity index (χ3n) is 5.00. The Morgan fingerprint density at radius 2 is 2.07 bits per heavy atom. The second-order valence-corrected chi connectivity index (χ2v) is 9.70. The lowest BCUT2D eigenvalue weighted by Gasteiger charge is -2.21. The molecule has 3 rings (SSSR count). The van der Waals surface area contributed by atoms with Crippen molar-refractivity contribution in [2.24, 2.45) is 7.05 Å². The van der Waals surface area contributed by atoms with E-state index >= 15 is 0 Å². The van der Waals surface area contributed by atoms with Gasteiger partial charge in [-0.05, 0) is 43.4 Å². The van der Waals surface area contributed by atoms with E-state index in [1.54, 1.807) is 18.8 Å². The molecular formula is C18H25N3O5S2. The van der Waals surface area contributed by atoms with Gasteiger partial charge in [0, 0.05) is 19.2 Å². The highest BCUT2D eigenvalue weighted by Gasteiger charge is 2.28. The molecule has 1 aromatic carbocycles. The highest BCUT2D eigenvalue weighted by molar-refractivity contribution is 7.98. The summed E-state index contributed by atoms with van der Waals surface area (Å²) in [6.45, 7) is 0. The second kappa shape index (κ2) is 8.71. The lowest BCUT2D eigenvalue weighted by molar-refractivity contribution is -0.123. The van der Waals surface area contributed by atoms with Crippen molar-refractivity contribution < 1.29 is 17.6 Å². The molecule has 154 valence electrons. The van der Waals surface area contributed by atoms with Gasteiger partial charge in [-0.15, -0.1) is 0 Å². The van der Waals surface area contributed by atoms with Crippen molar-refractivity contribution in [3.05, 3.63) is 28.7 Å². The average molecular weight is 428 g/mol. The third-order valence-corrected chi connectivity index (χ3v) is 7.11. The zero-order valence-corrected chi connectivity index (χ0v) is 17.6. The molecule has 1 amide bonds. The van der Waals surface area contributed by atoms with Crippen LogP contribution in [-0.4, -0.2) is 43.0 Å². The van der Waals surface area contributed by atoms with Gasteiger partial charge in [-0.2, -0.15) is 16.5 Å². The Balaban J connectivity index is 1.81. The number of aryl methyl sites for hydroxylation is 1. The predicted molar refractivity (Wildman–Crippen MR) is 109 cm³/mol. The minimum absolute atomic E-state index is 0.0443. The lowest BCUT2D eigenvalue weighted by atomic mass is 10.2. The SMILES string of the molecule is CSCCC(NS(=O)(=O)c1ccc2c(c1)oc(=O)n2C)C(=O)NC1CCCC1. The predicted octanol–water partition coefficient (Wildman–Crippen LogP) is 1.59. The van der Waals surface area contributed by atoms with E-state index in [2.05, 4.69) is 10.0 Å². The van der Waals surface area contributed by atoms with Crippen molar-refractivity contribution >= 4 is 38.8 Å². The molecule has 8 nitrogen and oxygen atoms in total. The lowest BCUT2D eigenvalue weighted by Crippen LogP contribution is -2.49. The number of nitrogens with one attached hydrogen (secondary N) is 2. The number of sulfonamides is 1. The maximum absolute atomic E-state index is 12.9. The number of benzene rings is 1. The van der Waals surface area contributed by atoms with Gasteiger partial charge in [0.2, 0.25) is 15.9 Å². The van der Waals surface area contributed by atoms with Gasteiger partial charge in [0.1, 0.15) is 6.04 Å². The number of hydrogen-bond acceptors (Lipinski definition) is 6. The van der Waals surface area contributed by atoms with Crippen molar-refractivity contribution in [3.8, 4) is 0 Å². The maximum atomic E-state index is 12.9. The van der Waals surface area contributed by atoms with Crippen molar-refractivity contribution in [2.75, 3.05) is 12.0 Å². The summed E-state index contributed by atoms with van der Waals surface area (Å²) in [6, 6.07) is 3.49. The molecule has 10 heteroatoms. The van der Waals surface area contributed by atoms with Crippen LogP contribution in [0.4, 0.5) is 0 Å². The van der Waals surface area contributed by atoms with Gasteiger partial charge in [0.15, 0.2) is 5.58 Å². The molecule has 0 radical (unpaired) electrons. The van der Waals surface area contributed by atoms with Gasteiger partial charge in [0.05, 0.1) is 10.4 Å². The number of rotatable bonds is 8. The fourth-order valence-electron chi connectivity index (χ4n) is 3.39. The Morgan fingerprint density at radius 1 is 1.36 bits per heavy atom. The molecule has 2 aromatic rings. The number of aromatic nitrogens is 1. The van der Waals surface area contributed by atoms with Crippen molar-refractivity contribution in [2.45, 2.75) is 49.1 Å². The van der Waals surface area contributed by atoms with E-state index in [9.17, 15) is 18.0 Å². The maximum Gasteiger partial charge on any atom is 0.419 e. The van der Waals surface area contributed by atoms with Crippen LogP contribution >= 0.6 is 11.8 Å². The van der Waals surface area contributed by atoms with Gasteiger partial charge in [0.25, 0.3) is 0 Å². The van der Waals surface area contributed by atoms with Gasteiger partial charge >= 0.3 is 5.76 Å². The number of hydrogen-bond donors (Lipinski definition) is 2. The third kappa shape index (κ3) is 4.61. The molecule has 1 atom stereocenters. The summed E-state index contributed by atoms with van der Waals surface area (Å²) in [5.41, 5.74) is 0.688. The van der Waals surface area contributed by atoms with E-state index in [4.69, 9.17) is 4.42 Å². The molecule has 0 saturated heterocycles. The molecule has 1 unspecified atom stereocenters. The van der Waals surface area contributed by atoms with Crippen LogP contribution < -0.4 is 15.8 Å². The number of thioether (sulfide) groups is 1. The summed E-state index contributed by atoms with van der Waals surface area (Å²) in [7, 11) is -2.41. The van der Waals surface area contributed by atoms with Crippen LogP contribution in [0.2, 0.25) is 0 Å². The van der Waals surface area contributed by atoms with Crippen LogP contribution in [0.15, 0.2) is 32.3 Å². The summed E-state index contributed by atoms with van der Waals surface area (Å²) in [5, 5.41) is 2.96. The highest BCUT2D eigenvalue weighted by atomic mass is 32.2. The Hall–Kier alpha value is -1.78. The molecule has 1 aromatic heterocycles. The van der Waals surface area contributed by atoms with Crippen LogP contribution in [-0.2, 0) is 21.9 Å². The van der Waals surface area contributed by atoms with E-state index in [1.165, 1.54) is 22.8 Å².